The highest BCUT2D eigenvalue weighted by molar-refractivity contribution is 5.74. The quantitative estimate of drug-likeness (QED) is 0.200. The summed E-state index contributed by atoms with van der Waals surface area (Å²) in [7, 11) is 1.96. The molecule has 4 aromatic carbocycles. The highest BCUT2D eigenvalue weighted by Crippen LogP contribution is 2.43. The van der Waals surface area contributed by atoms with E-state index < -0.39 is 0 Å². The van der Waals surface area contributed by atoms with Gasteiger partial charge in [0, 0.05) is 24.1 Å². The molecule has 0 amide bonds. The molecule has 0 bridgehead atoms. The van der Waals surface area contributed by atoms with Gasteiger partial charge in [-0.15, -0.1) is 0 Å². The molecular weight excluding hydrogens is 725 g/mol. The van der Waals surface area contributed by atoms with Crippen molar-refractivity contribution in [3.05, 3.63) is 177 Å². The lowest BCUT2D eigenvalue weighted by Crippen LogP contribution is -1.96. The summed E-state index contributed by atoms with van der Waals surface area (Å²) in [4.78, 5) is 2.35. The SMILES string of the molecule is CC.CC.CC.CCC1=CCCC=C1C.CCCc1ccc(NC)c(C)c1.Cc1ccc(C)cc1.Cc1ccc(N2C3=C2CCC=C3)cc1.Cc1ccccc1CC(C)C. The Labute approximate surface area is 372 Å². The van der Waals surface area contributed by atoms with Crippen molar-refractivity contribution >= 4 is 11.4 Å². The van der Waals surface area contributed by atoms with Crippen molar-refractivity contribution in [1.82, 2.24) is 0 Å². The van der Waals surface area contributed by atoms with Crippen molar-refractivity contribution < 1.29 is 0 Å². The molecule has 330 valence electrons. The summed E-state index contributed by atoms with van der Waals surface area (Å²) >= 11 is 0. The van der Waals surface area contributed by atoms with Crippen molar-refractivity contribution in [2.75, 3.05) is 17.3 Å². The Bertz CT molecular complexity index is 1810. The number of rotatable bonds is 7. The van der Waals surface area contributed by atoms with Crippen LogP contribution in [-0.4, -0.2) is 7.05 Å². The van der Waals surface area contributed by atoms with E-state index in [1.807, 2.05) is 48.6 Å². The summed E-state index contributed by atoms with van der Waals surface area (Å²) in [6.07, 6.45) is 18.9. The fraction of sp³-hybridized carbons (Fsp3) is 0.448. The molecule has 3 aliphatic rings. The third-order valence-corrected chi connectivity index (χ3v) is 9.97. The Morgan fingerprint density at radius 2 is 1.18 bits per heavy atom. The molecule has 1 N–H and O–H groups in total. The molecule has 0 saturated heterocycles. The summed E-state index contributed by atoms with van der Waals surface area (Å²) < 4.78 is 0. The van der Waals surface area contributed by atoms with Crippen LogP contribution in [0.25, 0.3) is 0 Å². The lowest BCUT2D eigenvalue weighted by molar-refractivity contribution is 0.645. The van der Waals surface area contributed by atoms with E-state index in [9.17, 15) is 0 Å². The first kappa shape index (κ1) is 55.4. The van der Waals surface area contributed by atoms with Crippen molar-refractivity contribution in [2.24, 2.45) is 5.92 Å². The highest BCUT2D eigenvalue weighted by Gasteiger charge is 2.33. The van der Waals surface area contributed by atoms with Gasteiger partial charge < -0.3 is 10.2 Å². The Morgan fingerprint density at radius 1 is 0.633 bits per heavy atom. The summed E-state index contributed by atoms with van der Waals surface area (Å²) in [5.41, 5.74) is 18.2. The van der Waals surface area contributed by atoms with E-state index >= 15 is 0 Å². The fourth-order valence-electron chi connectivity index (χ4n) is 6.67. The Morgan fingerprint density at radius 3 is 1.62 bits per heavy atom. The molecule has 0 unspecified atom stereocenters. The Hall–Kier alpha value is -4.56. The van der Waals surface area contributed by atoms with Crippen molar-refractivity contribution in [3.63, 3.8) is 0 Å². The average molecular weight is 813 g/mol. The number of hydrogen-bond donors (Lipinski definition) is 1. The van der Waals surface area contributed by atoms with Crippen LogP contribution >= 0.6 is 0 Å². The number of benzene rings is 4. The molecule has 1 aliphatic heterocycles. The fourth-order valence-corrected chi connectivity index (χ4v) is 6.67. The third-order valence-electron chi connectivity index (χ3n) is 9.97. The first-order valence-electron chi connectivity index (χ1n) is 23.4. The van der Waals surface area contributed by atoms with Gasteiger partial charge in [-0.05, 0) is 145 Å². The minimum absolute atomic E-state index is 0.760. The smallest absolute Gasteiger partial charge is 0.0654 e. The summed E-state index contributed by atoms with van der Waals surface area (Å²) in [6, 6.07) is 32.4. The van der Waals surface area contributed by atoms with Gasteiger partial charge in [0.2, 0.25) is 0 Å². The number of allylic oxidation sites excluding steroid dienone is 7. The maximum Gasteiger partial charge on any atom is 0.0654 e. The van der Waals surface area contributed by atoms with Crippen LogP contribution in [-0.2, 0) is 12.8 Å². The Balaban J connectivity index is 0.000000711. The second kappa shape index (κ2) is 33.2. The zero-order valence-corrected chi connectivity index (χ0v) is 41.7. The van der Waals surface area contributed by atoms with E-state index in [0.717, 1.165) is 5.92 Å². The van der Waals surface area contributed by atoms with Gasteiger partial charge in [-0.2, -0.15) is 0 Å². The molecule has 0 atom stereocenters. The number of anilines is 2. The van der Waals surface area contributed by atoms with Crippen LogP contribution in [0.4, 0.5) is 11.4 Å². The van der Waals surface area contributed by atoms with Gasteiger partial charge in [0.25, 0.3) is 0 Å². The molecule has 2 nitrogen and oxygen atoms in total. The predicted octanol–water partition coefficient (Wildman–Crippen LogP) is 18.0. The first-order valence-corrected chi connectivity index (χ1v) is 23.4. The first-order chi connectivity index (χ1) is 29.0. The third kappa shape index (κ3) is 21.6. The van der Waals surface area contributed by atoms with Crippen LogP contribution in [0.2, 0.25) is 0 Å². The van der Waals surface area contributed by atoms with E-state index in [2.05, 4.69) is 195 Å². The summed E-state index contributed by atoms with van der Waals surface area (Å²) in [5, 5.41) is 3.16. The molecule has 2 aliphatic carbocycles. The lowest BCUT2D eigenvalue weighted by atomic mass is 9.97. The predicted molar refractivity (Wildman–Crippen MR) is 275 cm³/mol. The molecule has 0 radical (unpaired) electrons. The van der Waals surface area contributed by atoms with Crippen LogP contribution in [0.15, 0.2) is 138 Å². The lowest BCUT2D eigenvalue weighted by Gasteiger charge is -2.09. The number of aryl methyl sites for hydroxylation is 6. The van der Waals surface area contributed by atoms with Gasteiger partial charge in [0.15, 0.2) is 0 Å². The van der Waals surface area contributed by atoms with E-state index in [1.54, 1.807) is 5.57 Å². The molecular formula is C58H88N2. The zero-order chi connectivity index (χ0) is 45.5. The zero-order valence-electron chi connectivity index (χ0n) is 41.7. The maximum atomic E-state index is 3.16. The second-order valence-electron chi connectivity index (χ2n) is 15.3. The van der Waals surface area contributed by atoms with E-state index in [4.69, 9.17) is 0 Å². The number of hydrogen-bond acceptors (Lipinski definition) is 2. The van der Waals surface area contributed by atoms with Crippen LogP contribution < -0.4 is 10.2 Å². The molecule has 2 heteroatoms. The molecule has 0 fully saturated rings. The Kier molecular flexibility index (Phi) is 30.7. The molecule has 1 heterocycles. The molecule has 60 heavy (non-hydrogen) atoms. The largest absolute Gasteiger partial charge is 0.388 e. The summed E-state index contributed by atoms with van der Waals surface area (Å²) in [6.45, 7) is 33.8. The monoisotopic (exact) mass is 813 g/mol. The summed E-state index contributed by atoms with van der Waals surface area (Å²) in [5.74, 6) is 0.760. The topological polar surface area (TPSA) is 15.0 Å². The van der Waals surface area contributed by atoms with Gasteiger partial charge in [-0.1, -0.05) is 189 Å². The molecule has 0 saturated carbocycles. The van der Waals surface area contributed by atoms with Gasteiger partial charge in [-0.3, -0.25) is 0 Å². The van der Waals surface area contributed by atoms with Gasteiger partial charge in [-0.25, -0.2) is 0 Å². The van der Waals surface area contributed by atoms with Crippen molar-refractivity contribution in [3.8, 4) is 0 Å². The van der Waals surface area contributed by atoms with Crippen LogP contribution in [0.3, 0.4) is 0 Å². The van der Waals surface area contributed by atoms with Gasteiger partial charge in [0.1, 0.15) is 0 Å². The van der Waals surface area contributed by atoms with Gasteiger partial charge in [0.05, 0.1) is 5.70 Å². The van der Waals surface area contributed by atoms with E-state index in [1.165, 1.54) is 119 Å². The minimum atomic E-state index is 0.760. The molecule has 7 rings (SSSR count). The van der Waals surface area contributed by atoms with Crippen LogP contribution in [0.1, 0.15) is 154 Å². The second-order valence-corrected chi connectivity index (χ2v) is 15.3. The van der Waals surface area contributed by atoms with Crippen LogP contribution in [0.5, 0.6) is 0 Å². The molecule has 0 spiro atoms. The average Bonchev–Trinajstić information content (AvgIpc) is 4.01. The standard InChI is InChI=1S/C13H13N.C11H17N.C11H16.C9H14.C8H10.3C2H6/c1-10-6-8-11(9-7-10)14-12-4-2-3-5-13(12)14;1-4-5-10-6-7-11(12-3)9(2)8-10;1-9(2)8-11-7-5-4-6-10(11)3;1-3-9-7-5-4-6-8(9)2;1-7-3-5-8(2)6-4-7;3*1-2/h2,4,6-9H,3,5H2,1H3;6-8,12H,4-5H2,1-3H3;4-7,9H,8H2,1-3H3;6-7H,3-5H2,1-2H3;3-6H,1-2H3;3*1-2H3. The van der Waals surface area contributed by atoms with E-state index in [0.29, 0.717) is 0 Å². The van der Waals surface area contributed by atoms with Crippen molar-refractivity contribution in [2.45, 2.75) is 162 Å². The highest BCUT2D eigenvalue weighted by atomic mass is 15.3. The van der Waals surface area contributed by atoms with Crippen LogP contribution in [0, 0.1) is 40.5 Å². The number of nitrogens with zero attached hydrogens (tertiary/aromatic N) is 1. The van der Waals surface area contributed by atoms with E-state index in [-0.39, 0.29) is 0 Å². The van der Waals surface area contributed by atoms with Crippen molar-refractivity contribution in [1.29, 1.82) is 0 Å². The number of nitrogens with one attached hydrogen (secondary N) is 1. The molecule has 0 aromatic heterocycles. The minimum Gasteiger partial charge on any atom is -0.388 e. The normalized spacial score (nSPS) is 12.6. The maximum absolute atomic E-state index is 3.16. The van der Waals surface area contributed by atoms with Gasteiger partial charge >= 0.3 is 0 Å². The molecule has 4 aromatic rings.